The number of hydrogen-bond donors (Lipinski definition) is 1. The Morgan fingerprint density at radius 1 is 1.31 bits per heavy atom. The number of halogens is 2. The van der Waals surface area contributed by atoms with Crippen LogP contribution in [0.2, 0.25) is 5.02 Å². The summed E-state index contributed by atoms with van der Waals surface area (Å²) in [6.45, 7) is 1.97. The highest BCUT2D eigenvalue weighted by molar-refractivity contribution is 7.12. The predicted molar refractivity (Wildman–Crippen MR) is 64.5 cm³/mol. The summed E-state index contributed by atoms with van der Waals surface area (Å²) < 4.78 is 12.9. The standard InChI is InChI=1S/C12H10ClFOS/c1-7-2-5-11(16-7)12(15)9-4-3-8(14)6-10(9)13/h2-6,12,15H,1H3. The fraction of sp³-hybridized carbons (Fsp3) is 0.167. The fourth-order valence-electron chi connectivity index (χ4n) is 1.48. The second kappa shape index (κ2) is 4.53. The molecule has 0 aliphatic carbocycles. The molecule has 2 rings (SSSR count). The third-order valence-corrected chi connectivity index (χ3v) is 3.67. The molecule has 1 atom stereocenters. The van der Waals surface area contributed by atoms with Gasteiger partial charge in [-0.1, -0.05) is 17.7 Å². The molecule has 16 heavy (non-hydrogen) atoms. The van der Waals surface area contributed by atoms with Crippen molar-refractivity contribution in [3.63, 3.8) is 0 Å². The van der Waals surface area contributed by atoms with Crippen LogP contribution in [0.3, 0.4) is 0 Å². The van der Waals surface area contributed by atoms with Crippen LogP contribution in [0, 0.1) is 12.7 Å². The Morgan fingerprint density at radius 2 is 2.06 bits per heavy atom. The number of aliphatic hydroxyl groups is 1. The maximum Gasteiger partial charge on any atom is 0.124 e. The minimum atomic E-state index is -0.785. The molecule has 84 valence electrons. The molecule has 0 aliphatic heterocycles. The molecule has 0 aliphatic rings. The summed E-state index contributed by atoms with van der Waals surface area (Å²) in [6, 6.07) is 7.80. The second-order valence-electron chi connectivity index (χ2n) is 3.52. The lowest BCUT2D eigenvalue weighted by Crippen LogP contribution is -1.98. The average molecular weight is 257 g/mol. The molecule has 4 heteroatoms. The maximum absolute atomic E-state index is 12.9. The molecular weight excluding hydrogens is 247 g/mol. The van der Waals surface area contributed by atoms with Gasteiger partial charge in [-0.2, -0.15) is 0 Å². The smallest absolute Gasteiger partial charge is 0.124 e. The SMILES string of the molecule is Cc1ccc(C(O)c2ccc(F)cc2Cl)s1. The molecule has 0 bridgehead atoms. The van der Waals surface area contributed by atoms with Crippen LogP contribution in [-0.4, -0.2) is 5.11 Å². The van der Waals surface area contributed by atoms with Crippen molar-refractivity contribution in [2.75, 3.05) is 0 Å². The maximum atomic E-state index is 12.9. The van der Waals surface area contributed by atoms with Gasteiger partial charge in [-0.3, -0.25) is 0 Å². The van der Waals surface area contributed by atoms with Crippen LogP contribution >= 0.6 is 22.9 Å². The Bertz CT molecular complexity index is 509. The fourth-order valence-corrected chi connectivity index (χ4v) is 2.63. The van der Waals surface area contributed by atoms with E-state index in [-0.39, 0.29) is 5.02 Å². The Morgan fingerprint density at radius 3 is 2.62 bits per heavy atom. The lowest BCUT2D eigenvalue weighted by molar-refractivity contribution is 0.224. The molecule has 1 N–H and O–H groups in total. The Hall–Kier alpha value is -0.900. The van der Waals surface area contributed by atoms with Gasteiger partial charge in [0.1, 0.15) is 11.9 Å². The van der Waals surface area contributed by atoms with Crippen molar-refractivity contribution < 1.29 is 9.50 Å². The molecule has 1 unspecified atom stereocenters. The minimum absolute atomic E-state index is 0.249. The van der Waals surface area contributed by atoms with Crippen LogP contribution in [0.4, 0.5) is 4.39 Å². The zero-order valence-electron chi connectivity index (χ0n) is 8.58. The van der Waals surface area contributed by atoms with Crippen LogP contribution in [0.25, 0.3) is 0 Å². The van der Waals surface area contributed by atoms with E-state index < -0.39 is 11.9 Å². The van der Waals surface area contributed by atoms with Crippen molar-refractivity contribution in [2.45, 2.75) is 13.0 Å². The Labute approximate surface area is 102 Å². The summed E-state index contributed by atoms with van der Waals surface area (Å²) in [7, 11) is 0. The summed E-state index contributed by atoms with van der Waals surface area (Å²) in [4.78, 5) is 1.93. The average Bonchev–Trinajstić information content (AvgIpc) is 2.64. The highest BCUT2D eigenvalue weighted by Crippen LogP contribution is 2.32. The minimum Gasteiger partial charge on any atom is -0.383 e. The quantitative estimate of drug-likeness (QED) is 0.863. The van der Waals surface area contributed by atoms with Crippen LogP contribution in [0.5, 0.6) is 0 Å². The van der Waals surface area contributed by atoms with Gasteiger partial charge in [0.15, 0.2) is 0 Å². The van der Waals surface area contributed by atoms with Crippen molar-refractivity contribution in [1.29, 1.82) is 0 Å². The lowest BCUT2D eigenvalue weighted by Gasteiger charge is -2.10. The van der Waals surface area contributed by atoms with Crippen LogP contribution < -0.4 is 0 Å². The van der Waals surface area contributed by atoms with E-state index in [1.807, 2.05) is 19.1 Å². The highest BCUT2D eigenvalue weighted by Gasteiger charge is 2.15. The lowest BCUT2D eigenvalue weighted by atomic mass is 10.1. The molecule has 0 saturated heterocycles. The summed E-state index contributed by atoms with van der Waals surface area (Å²) in [5.41, 5.74) is 0.532. The number of aryl methyl sites for hydroxylation is 1. The highest BCUT2D eigenvalue weighted by atomic mass is 35.5. The van der Waals surface area contributed by atoms with E-state index >= 15 is 0 Å². The van der Waals surface area contributed by atoms with Gasteiger partial charge in [0.25, 0.3) is 0 Å². The zero-order valence-corrected chi connectivity index (χ0v) is 10.1. The second-order valence-corrected chi connectivity index (χ2v) is 5.24. The van der Waals surface area contributed by atoms with Crippen LogP contribution in [-0.2, 0) is 0 Å². The van der Waals surface area contributed by atoms with Gasteiger partial charge < -0.3 is 5.11 Å². The van der Waals surface area contributed by atoms with Gasteiger partial charge in [-0.15, -0.1) is 11.3 Å². The molecule has 1 nitrogen and oxygen atoms in total. The van der Waals surface area contributed by atoms with Crippen molar-refractivity contribution in [3.8, 4) is 0 Å². The molecule has 1 heterocycles. The number of thiophene rings is 1. The number of rotatable bonds is 2. The molecule has 0 radical (unpaired) electrons. The van der Waals surface area contributed by atoms with E-state index in [4.69, 9.17) is 11.6 Å². The number of hydrogen-bond acceptors (Lipinski definition) is 2. The van der Waals surface area contributed by atoms with E-state index in [9.17, 15) is 9.50 Å². The first-order chi connectivity index (χ1) is 7.58. The van der Waals surface area contributed by atoms with E-state index in [0.29, 0.717) is 5.56 Å². The van der Waals surface area contributed by atoms with Gasteiger partial charge in [-0.05, 0) is 31.2 Å². The topological polar surface area (TPSA) is 20.2 Å². The van der Waals surface area contributed by atoms with Crippen molar-refractivity contribution >= 4 is 22.9 Å². The first kappa shape index (κ1) is 11.6. The van der Waals surface area contributed by atoms with Crippen molar-refractivity contribution in [2.24, 2.45) is 0 Å². The van der Waals surface area contributed by atoms with Crippen LogP contribution in [0.1, 0.15) is 21.4 Å². The molecular formula is C12H10ClFOS. The normalized spacial score (nSPS) is 12.8. The molecule has 0 spiro atoms. The van der Waals surface area contributed by atoms with Gasteiger partial charge in [0, 0.05) is 20.3 Å². The first-order valence-electron chi connectivity index (χ1n) is 4.77. The zero-order chi connectivity index (χ0) is 11.7. The summed E-state index contributed by atoms with van der Waals surface area (Å²) in [6.07, 6.45) is -0.785. The number of benzene rings is 1. The molecule has 1 aromatic heterocycles. The van der Waals surface area contributed by atoms with E-state index in [0.717, 1.165) is 9.75 Å². The van der Waals surface area contributed by atoms with Gasteiger partial charge in [-0.25, -0.2) is 4.39 Å². The third kappa shape index (κ3) is 2.26. The summed E-state index contributed by atoms with van der Waals surface area (Å²) >= 11 is 7.39. The van der Waals surface area contributed by atoms with Gasteiger partial charge in [0.05, 0.1) is 0 Å². The predicted octanol–water partition coefficient (Wildman–Crippen LogP) is 3.93. The number of aliphatic hydroxyl groups excluding tert-OH is 1. The third-order valence-electron chi connectivity index (χ3n) is 2.29. The van der Waals surface area contributed by atoms with E-state index in [1.165, 1.54) is 29.5 Å². The molecule has 0 fully saturated rings. The molecule has 0 saturated carbocycles. The van der Waals surface area contributed by atoms with Crippen molar-refractivity contribution in [3.05, 3.63) is 56.5 Å². The summed E-state index contributed by atoms with van der Waals surface area (Å²) in [5, 5.41) is 10.3. The molecule has 2 aromatic rings. The summed E-state index contributed by atoms with van der Waals surface area (Å²) in [5.74, 6) is -0.400. The first-order valence-corrected chi connectivity index (χ1v) is 5.96. The Balaban J connectivity index is 2.37. The Kier molecular flexibility index (Phi) is 3.28. The largest absolute Gasteiger partial charge is 0.383 e. The van der Waals surface area contributed by atoms with E-state index in [2.05, 4.69) is 0 Å². The van der Waals surface area contributed by atoms with E-state index in [1.54, 1.807) is 0 Å². The van der Waals surface area contributed by atoms with Crippen molar-refractivity contribution in [1.82, 2.24) is 0 Å². The molecule has 1 aromatic carbocycles. The van der Waals surface area contributed by atoms with Gasteiger partial charge >= 0.3 is 0 Å². The van der Waals surface area contributed by atoms with Gasteiger partial charge in [0.2, 0.25) is 0 Å². The van der Waals surface area contributed by atoms with Crippen LogP contribution in [0.15, 0.2) is 30.3 Å². The molecule has 0 amide bonds. The monoisotopic (exact) mass is 256 g/mol.